The summed E-state index contributed by atoms with van der Waals surface area (Å²) in [6.07, 6.45) is 1.26. The zero-order chi connectivity index (χ0) is 13.9. The fraction of sp³-hybridized carbons (Fsp3) is 0.412. The Labute approximate surface area is 119 Å². The van der Waals surface area contributed by atoms with Crippen molar-refractivity contribution in [2.24, 2.45) is 5.92 Å². The first-order chi connectivity index (χ1) is 9.76. The van der Waals surface area contributed by atoms with Gasteiger partial charge >= 0.3 is 0 Å². The third-order valence-corrected chi connectivity index (χ3v) is 3.96. The topological polar surface area (TPSA) is 45.4 Å². The third kappa shape index (κ3) is 3.11. The molecular weight excluding hydrogens is 250 g/mol. The smallest absolute Gasteiger partial charge is 0.117 e. The summed E-state index contributed by atoms with van der Waals surface area (Å²) in [5, 5.41) is 12.5. The van der Waals surface area contributed by atoms with Gasteiger partial charge in [-0.05, 0) is 35.6 Å². The molecule has 1 heterocycles. The fourth-order valence-electron chi connectivity index (χ4n) is 2.58. The maximum absolute atomic E-state index is 9.11. The van der Waals surface area contributed by atoms with Crippen LogP contribution < -0.4 is 5.32 Å². The molecule has 0 aliphatic heterocycles. The first-order valence-corrected chi connectivity index (χ1v) is 7.24. The number of furan rings is 1. The number of hydrogen-bond acceptors (Lipinski definition) is 3. The lowest BCUT2D eigenvalue weighted by atomic mass is 10.1. The minimum Gasteiger partial charge on any atom is -0.464 e. The van der Waals surface area contributed by atoms with E-state index in [1.807, 2.05) is 18.2 Å². The maximum atomic E-state index is 9.11. The molecule has 0 amide bonds. The van der Waals surface area contributed by atoms with E-state index in [9.17, 15) is 0 Å². The third-order valence-electron chi connectivity index (χ3n) is 3.96. The fourth-order valence-corrected chi connectivity index (χ4v) is 2.58. The zero-order valence-electron chi connectivity index (χ0n) is 11.8. The van der Waals surface area contributed by atoms with Gasteiger partial charge in [-0.2, -0.15) is 0 Å². The van der Waals surface area contributed by atoms with Gasteiger partial charge in [-0.3, -0.25) is 0 Å². The van der Waals surface area contributed by atoms with Crippen LogP contribution in [0.3, 0.4) is 0 Å². The molecule has 1 aliphatic rings. The Hall–Kier alpha value is -1.58. The first-order valence-electron chi connectivity index (χ1n) is 7.24. The van der Waals surface area contributed by atoms with Crippen LogP contribution in [0.25, 0.3) is 0 Å². The highest BCUT2D eigenvalue weighted by Gasteiger charge is 2.36. The van der Waals surface area contributed by atoms with Gasteiger partial charge < -0.3 is 14.8 Å². The Kier molecular flexibility index (Phi) is 3.90. The minimum atomic E-state index is 0.0922. The molecule has 106 valence electrons. The first kappa shape index (κ1) is 13.4. The van der Waals surface area contributed by atoms with Crippen LogP contribution >= 0.6 is 0 Å². The Bertz CT molecular complexity index is 576. The van der Waals surface area contributed by atoms with E-state index in [0.29, 0.717) is 5.92 Å². The van der Waals surface area contributed by atoms with Crippen molar-refractivity contribution in [2.45, 2.75) is 39.0 Å². The molecule has 0 spiro atoms. The van der Waals surface area contributed by atoms with E-state index in [1.165, 1.54) is 12.0 Å². The van der Waals surface area contributed by atoms with Crippen LogP contribution in [0.1, 0.15) is 41.9 Å². The van der Waals surface area contributed by atoms with Crippen LogP contribution in [-0.4, -0.2) is 5.11 Å². The summed E-state index contributed by atoms with van der Waals surface area (Å²) in [6, 6.07) is 12.2. The van der Waals surface area contributed by atoms with Crippen LogP contribution in [0.4, 0.5) is 0 Å². The van der Waals surface area contributed by atoms with E-state index in [0.717, 1.165) is 36.1 Å². The van der Waals surface area contributed by atoms with Crippen molar-refractivity contribution in [3.63, 3.8) is 0 Å². The van der Waals surface area contributed by atoms with Gasteiger partial charge in [-0.15, -0.1) is 0 Å². The van der Waals surface area contributed by atoms with Gasteiger partial charge in [-0.25, -0.2) is 0 Å². The summed E-state index contributed by atoms with van der Waals surface area (Å²) in [5.74, 6) is 3.56. The van der Waals surface area contributed by atoms with Gasteiger partial charge in [0.05, 0.1) is 13.2 Å². The quantitative estimate of drug-likeness (QED) is 0.848. The van der Waals surface area contributed by atoms with Crippen molar-refractivity contribution in [3.05, 3.63) is 59.0 Å². The Morgan fingerprint density at radius 3 is 2.75 bits per heavy atom. The highest BCUT2D eigenvalue weighted by Crippen LogP contribution is 2.47. The van der Waals surface area contributed by atoms with Crippen molar-refractivity contribution in [3.8, 4) is 0 Å². The van der Waals surface area contributed by atoms with E-state index in [1.54, 1.807) is 0 Å². The molecule has 0 saturated heterocycles. The number of benzene rings is 1. The van der Waals surface area contributed by atoms with Crippen LogP contribution in [0, 0.1) is 5.92 Å². The van der Waals surface area contributed by atoms with E-state index >= 15 is 0 Å². The van der Waals surface area contributed by atoms with Gasteiger partial charge in [0.15, 0.2) is 0 Å². The molecule has 2 unspecified atom stereocenters. The second-order valence-electron chi connectivity index (χ2n) is 5.71. The number of aliphatic hydroxyl groups excluding tert-OH is 1. The van der Waals surface area contributed by atoms with Gasteiger partial charge in [0.25, 0.3) is 0 Å². The normalized spacial score (nSPS) is 21.1. The second kappa shape index (κ2) is 5.81. The second-order valence-corrected chi connectivity index (χ2v) is 5.71. The molecule has 1 saturated carbocycles. The highest BCUT2D eigenvalue weighted by atomic mass is 16.3. The van der Waals surface area contributed by atoms with Gasteiger partial charge in [0.1, 0.15) is 11.5 Å². The van der Waals surface area contributed by atoms with Crippen LogP contribution in [0.5, 0.6) is 0 Å². The largest absolute Gasteiger partial charge is 0.464 e. The number of aliphatic hydroxyl groups is 1. The molecule has 2 N–H and O–H groups in total. The summed E-state index contributed by atoms with van der Waals surface area (Å²) in [5.41, 5.74) is 2.13. The standard InChI is InChI=1S/C17H21NO2/c1-12-7-16(12)17-6-5-15(20-17)10-18-9-13-3-2-4-14(8-13)11-19/h2-6,8,12,16,18-19H,7,9-11H2,1H3. The van der Waals surface area contributed by atoms with Crippen molar-refractivity contribution in [2.75, 3.05) is 0 Å². The van der Waals surface area contributed by atoms with E-state index in [-0.39, 0.29) is 6.61 Å². The molecule has 20 heavy (non-hydrogen) atoms. The Morgan fingerprint density at radius 2 is 2.00 bits per heavy atom. The monoisotopic (exact) mass is 271 g/mol. The van der Waals surface area contributed by atoms with E-state index in [4.69, 9.17) is 9.52 Å². The van der Waals surface area contributed by atoms with Gasteiger partial charge in [0, 0.05) is 12.5 Å². The number of rotatable bonds is 6. The van der Waals surface area contributed by atoms with Gasteiger partial charge in [-0.1, -0.05) is 31.2 Å². The molecule has 1 aromatic carbocycles. The molecule has 3 rings (SSSR count). The van der Waals surface area contributed by atoms with Crippen LogP contribution in [0.15, 0.2) is 40.8 Å². The molecule has 1 aromatic heterocycles. The van der Waals surface area contributed by atoms with Crippen molar-refractivity contribution >= 4 is 0 Å². The summed E-state index contributed by atoms with van der Waals surface area (Å²) < 4.78 is 5.86. The molecular formula is C17H21NO2. The van der Waals surface area contributed by atoms with Crippen LogP contribution in [-0.2, 0) is 19.7 Å². The zero-order valence-corrected chi connectivity index (χ0v) is 11.8. The van der Waals surface area contributed by atoms with Crippen LogP contribution in [0.2, 0.25) is 0 Å². The Balaban J connectivity index is 1.50. The SMILES string of the molecule is CC1CC1c1ccc(CNCc2cccc(CO)c2)o1. The predicted octanol–water partition coefficient (Wildman–Crippen LogP) is 3.19. The lowest BCUT2D eigenvalue weighted by molar-refractivity contribution is 0.281. The average molecular weight is 271 g/mol. The van der Waals surface area contributed by atoms with Crippen molar-refractivity contribution in [1.29, 1.82) is 0 Å². The maximum Gasteiger partial charge on any atom is 0.117 e. The summed E-state index contributed by atoms with van der Waals surface area (Å²) in [7, 11) is 0. The molecule has 2 aromatic rings. The minimum absolute atomic E-state index is 0.0922. The number of hydrogen-bond donors (Lipinski definition) is 2. The summed E-state index contributed by atoms with van der Waals surface area (Å²) >= 11 is 0. The summed E-state index contributed by atoms with van der Waals surface area (Å²) in [6.45, 7) is 3.88. The molecule has 1 fully saturated rings. The molecule has 3 heteroatoms. The lowest BCUT2D eigenvalue weighted by Crippen LogP contribution is -2.12. The molecule has 3 nitrogen and oxygen atoms in total. The average Bonchev–Trinajstić information content (AvgIpc) is 3.01. The lowest BCUT2D eigenvalue weighted by Gasteiger charge is -2.05. The molecule has 0 radical (unpaired) electrons. The van der Waals surface area contributed by atoms with Crippen molar-refractivity contribution in [1.82, 2.24) is 5.32 Å². The van der Waals surface area contributed by atoms with Crippen molar-refractivity contribution < 1.29 is 9.52 Å². The Morgan fingerprint density at radius 1 is 1.20 bits per heavy atom. The van der Waals surface area contributed by atoms with E-state index in [2.05, 4.69) is 30.4 Å². The van der Waals surface area contributed by atoms with E-state index < -0.39 is 0 Å². The predicted molar refractivity (Wildman–Crippen MR) is 78.1 cm³/mol. The number of nitrogens with one attached hydrogen (secondary N) is 1. The molecule has 2 atom stereocenters. The molecule has 0 bridgehead atoms. The summed E-state index contributed by atoms with van der Waals surface area (Å²) in [4.78, 5) is 0. The highest BCUT2D eigenvalue weighted by molar-refractivity contribution is 5.23. The van der Waals surface area contributed by atoms with Gasteiger partial charge in [0.2, 0.25) is 0 Å². The molecule has 1 aliphatic carbocycles.